The summed E-state index contributed by atoms with van der Waals surface area (Å²) in [5, 5.41) is 8.67. The summed E-state index contributed by atoms with van der Waals surface area (Å²) in [6.07, 6.45) is 2.79. The topological polar surface area (TPSA) is 40.5 Å². The number of rotatable bonds is 2. The van der Waals surface area contributed by atoms with E-state index < -0.39 is 0 Å². The maximum Gasteiger partial charge on any atom is 0.263 e. The summed E-state index contributed by atoms with van der Waals surface area (Å²) in [6, 6.07) is 3.74. The van der Waals surface area contributed by atoms with E-state index in [1.165, 1.54) is 17.8 Å². The number of hydrogen-bond donors (Lipinski definition) is 1. The molecule has 1 aromatic heterocycles. The molecule has 2 rings (SSSR count). The molecule has 0 bridgehead atoms. The molecule has 0 aromatic carbocycles. The summed E-state index contributed by atoms with van der Waals surface area (Å²) < 4.78 is 0. The molecule has 1 aromatic rings. The van der Waals surface area contributed by atoms with Gasteiger partial charge in [-0.3, -0.25) is 4.79 Å². The van der Waals surface area contributed by atoms with Crippen LogP contribution in [0.15, 0.2) is 12.1 Å². The standard InChI is InChI=1S/C15H19NO2S/c1-12-5-4-9-16(11-12)15(18)14-8-7-13(19-14)6-2-3-10-17/h7-8,12,17H,3-5,9-11H2,1H3. The normalized spacial score (nSPS) is 18.8. The van der Waals surface area contributed by atoms with Gasteiger partial charge in [-0.2, -0.15) is 0 Å². The van der Waals surface area contributed by atoms with Crippen LogP contribution < -0.4 is 0 Å². The van der Waals surface area contributed by atoms with Crippen molar-refractivity contribution in [2.45, 2.75) is 26.2 Å². The number of carbonyl (C=O) groups excluding carboxylic acids is 1. The molecule has 1 saturated heterocycles. The van der Waals surface area contributed by atoms with Crippen LogP contribution in [0.3, 0.4) is 0 Å². The SMILES string of the molecule is CC1CCCN(C(=O)c2ccc(C#CCCO)s2)C1. The van der Waals surface area contributed by atoms with Gasteiger partial charge in [0.15, 0.2) is 0 Å². The van der Waals surface area contributed by atoms with Crippen molar-refractivity contribution in [1.82, 2.24) is 4.90 Å². The number of hydrogen-bond acceptors (Lipinski definition) is 3. The third kappa shape index (κ3) is 3.82. The number of carbonyl (C=O) groups is 1. The summed E-state index contributed by atoms with van der Waals surface area (Å²) in [5.74, 6) is 6.58. The van der Waals surface area contributed by atoms with Crippen LogP contribution in [-0.4, -0.2) is 35.6 Å². The first kappa shape index (κ1) is 14.1. The Morgan fingerprint density at radius 2 is 2.42 bits per heavy atom. The van der Waals surface area contributed by atoms with E-state index >= 15 is 0 Å². The Hall–Kier alpha value is -1.31. The van der Waals surface area contributed by atoms with E-state index in [9.17, 15) is 4.79 Å². The van der Waals surface area contributed by atoms with Crippen molar-refractivity contribution in [3.05, 3.63) is 21.9 Å². The number of amides is 1. The number of likely N-dealkylation sites (tertiary alicyclic amines) is 1. The van der Waals surface area contributed by atoms with Gasteiger partial charge in [0.05, 0.1) is 16.4 Å². The van der Waals surface area contributed by atoms with Crippen LogP contribution in [0.25, 0.3) is 0 Å². The average molecular weight is 277 g/mol. The van der Waals surface area contributed by atoms with Gasteiger partial charge >= 0.3 is 0 Å². The molecule has 0 aliphatic carbocycles. The van der Waals surface area contributed by atoms with Gasteiger partial charge < -0.3 is 10.0 Å². The van der Waals surface area contributed by atoms with E-state index in [-0.39, 0.29) is 12.5 Å². The summed E-state index contributed by atoms with van der Waals surface area (Å²) in [6.45, 7) is 4.00. The smallest absolute Gasteiger partial charge is 0.263 e. The van der Waals surface area contributed by atoms with Gasteiger partial charge in [0.1, 0.15) is 0 Å². The Balaban J connectivity index is 2.02. The lowest BCUT2D eigenvalue weighted by Gasteiger charge is -2.30. The molecule has 1 N–H and O–H groups in total. The summed E-state index contributed by atoms with van der Waals surface area (Å²) in [4.78, 5) is 15.9. The molecule has 0 radical (unpaired) electrons. The van der Waals surface area contributed by atoms with Gasteiger partial charge in [-0.25, -0.2) is 0 Å². The molecule has 1 atom stereocenters. The lowest BCUT2D eigenvalue weighted by atomic mass is 10.0. The van der Waals surface area contributed by atoms with Crippen molar-refractivity contribution in [2.75, 3.05) is 19.7 Å². The zero-order valence-electron chi connectivity index (χ0n) is 11.2. The maximum atomic E-state index is 12.3. The fourth-order valence-electron chi connectivity index (χ4n) is 2.26. The van der Waals surface area contributed by atoms with Crippen LogP contribution in [0.4, 0.5) is 0 Å². The zero-order valence-corrected chi connectivity index (χ0v) is 12.0. The molecule has 4 heteroatoms. The van der Waals surface area contributed by atoms with Crippen LogP contribution >= 0.6 is 11.3 Å². The predicted octanol–water partition coefficient (Wildman–Crippen LogP) is 2.35. The van der Waals surface area contributed by atoms with Crippen LogP contribution in [-0.2, 0) is 0 Å². The van der Waals surface area contributed by atoms with Crippen molar-refractivity contribution in [3.63, 3.8) is 0 Å². The first-order valence-corrected chi connectivity index (χ1v) is 7.51. The third-order valence-electron chi connectivity index (χ3n) is 3.21. The monoisotopic (exact) mass is 277 g/mol. The van der Waals surface area contributed by atoms with E-state index in [2.05, 4.69) is 18.8 Å². The Kier molecular flexibility index (Phi) is 5.00. The fourth-order valence-corrected chi connectivity index (χ4v) is 3.10. The lowest BCUT2D eigenvalue weighted by molar-refractivity contribution is 0.0688. The molecular weight excluding hydrogens is 258 g/mol. The predicted molar refractivity (Wildman–Crippen MR) is 77.2 cm³/mol. The van der Waals surface area contributed by atoms with Crippen molar-refractivity contribution >= 4 is 17.2 Å². The summed E-state index contributed by atoms with van der Waals surface area (Å²) in [5.41, 5.74) is 0. The molecule has 19 heavy (non-hydrogen) atoms. The maximum absolute atomic E-state index is 12.3. The quantitative estimate of drug-likeness (QED) is 0.843. The van der Waals surface area contributed by atoms with Gasteiger partial charge in [0.2, 0.25) is 0 Å². The Morgan fingerprint density at radius 1 is 1.58 bits per heavy atom. The van der Waals surface area contributed by atoms with Crippen molar-refractivity contribution in [1.29, 1.82) is 0 Å². The number of piperidine rings is 1. The molecule has 1 unspecified atom stereocenters. The molecule has 1 amide bonds. The Morgan fingerprint density at radius 3 is 3.16 bits per heavy atom. The van der Waals surface area contributed by atoms with E-state index in [0.717, 1.165) is 29.3 Å². The highest BCUT2D eigenvalue weighted by Gasteiger charge is 2.22. The van der Waals surface area contributed by atoms with Crippen molar-refractivity contribution < 1.29 is 9.90 Å². The first-order chi connectivity index (χ1) is 9.20. The van der Waals surface area contributed by atoms with Crippen molar-refractivity contribution in [3.8, 4) is 11.8 Å². The Labute approximate surface area is 118 Å². The minimum atomic E-state index is 0.0792. The molecular formula is C15H19NO2S. The van der Waals surface area contributed by atoms with Gasteiger partial charge in [-0.1, -0.05) is 18.8 Å². The highest BCUT2D eigenvalue weighted by molar-refractivity contribution is 7.14. The lowest BCUT2D eigenvalue weighted by Crippen LogP contribution is -2.38. The molecule has 3 nitrogen and oxygen atoms in total. The molecule has 2 heterocycles. The number of thiophene rings is 1. The van der Waals surface area contributed by atoms with Gasteiger partial charge in [0.25, 0.3) is 5.91 Å². The summed E-state index contributed by atoms with van der Waals surface area (Å²) in [7, 11) is 0. The minimum Gasteiger partial charge on any atom is -0.395 e. The second kappa shape index (κ2) is 6.74. The fraction of sp³-hybridized carbons (Fsp3) is 0.533. The molecule has 0 saturated carbocycles. The second-order valence-electron chi connectivity index (χ2n) is 4.94. The van der Waals surface area contributed by atoms with Crippen LogP contribution in [0.1, 0.15) is 40.7 Å². The second-order valence-corrected chi connectivity index (χ2v) is 6.02. The minimum absolute atomic E-state index is 0.0792. The summed E-state index contributed by atoms with van der Waals surface area (Å²) >= 11 is 1.44. The number of aliphatic hydroxyl groups excluding tert-OH is 1. The average Bonchev–Trinajstić information content (AvgIpc) is 2.87. The molecule has 1 aliphatic heterocycles. The van der Waals surface area contributed by atoms with Crippen LogP contribution in [0.5, 0.6) is 0 Å². The first-order valence-electron chi connectivity index (χ1n) is 6.69. The van der Waals surface area contributed by atoms with Crippen LogP contribution in [0, 0.1) is 17.8 Å². The zero-order chi connectivity index (χ0) is 13.7. The highest BCUT2D eigenvalue weighted by Crippen LogP contribution is 2.22. The van der Waals surface area contributed by atoms with E-state index in [0.29, 0.717) is 12.3 Å². The van der Waals surface area contributed by atoms with Gasteiger partial charge in [-0.05, 0) is 30.9 Å². The van der Waals surface area contributed by atoms with Crippen molar-refractivity contribution in [2.24, 2.45) is 5.92 Å². The Bertz CT molecular complexity index is 498. The largest absolute Gasteiger partial charge is 0.395 e. The van der Waals surface area contributed by atoms with E-state index in [1.54, 1.807) is 0 Å². The van der Waals surface area contributed by atoms with Gasteiger partial charge in [-0.15, -0.1) is 11.3 Å². The molecule has 1 aliphatic rings. The molecule has 102 valence electrons. The third-order valence-corrected chi connectivity index (χ3v) is 4.20. The van der Waals surface area contributed by atoms with E-state index in [4.69, 9.17) is 5.11 Å². The van der Waals surface area contributed by atoms with E-state index in [1.807, 2.05) is 17.0 Å². The number of aliphatic hydroxyl groups is 1. The molecule has 0 spiro atoms. The van der Waals surface area contributed by atoms with Gasteiger partial charge in [0, 0.05) is 19.5 Å². The molecule has 1 fully saturated rings. The van der Waals surface area contributed by atoms with Crippen LogP contribution in [0.2, 0.25) is 0 Å². The highest BCUT2D eigenvalue weighted by atomic mass is 32.1. The number of nitrogens with zero attached hydrogens (tertiary/aromatic N) is 1.